The Morgan fingerprint density at radius 3 is 3.00 bits per heavy atom. The molecular formula is C11H11N5. The summed E-state index contributed by atoms with van der Waals surface area (Å²) in [5, 5.41) is 16.0. The van der Waals surface area contributed by atoms with E-state index >= 15 is 0 Å². The molecule has 0 aliphatic rings. The molecule has 0 radical (unpaired) electrons. The number of aryl methyl sites for hydroxylation is 1. The summed E-state index contributed by atoms with van der Waals surface area (Å²) >= 11 is 0. The Morgan fingerprint density at radius 1 is 1.44 bits per heavy atom. The molecule has 0 unspecified atom stereocenters. The first kappa shape index (κ1) is 10.2. The number of pyridine rings is 1. The Bertz CT molecular complexity index is 523. The quantitative estimate of drug-likeness (QED) is 0.834. The maximum Gasteiger partial charge on any atom is 0.142 e. The van der Waals surface area contributed by atoms with E-state index in [1.165, 1.54) is 0 Å². The molecule has 80 valence electrons. The van der Waals surface area contributed by atoms with Gasteiger partial charge in [0.05, 0.1) is 12.2 Å². The van der Waals surface area contributed by atoms with Crippen molar-refractivity contribution in [1.82, 2.24) is 14.8 Å². The summed E-state index contributed by atoms with van der Waals surface area (Å²) in [5.74, 6) is 0. The van der Waals surface area contributed by atoms with Gasteiger partial charge in [0.2, 0.25) is 0 Å². The van der Waals surface area contributed by atoms with Crippen LogP contribution in [0.25, 0.3) is 0 Å². The predicted octanol–water partition coefficient (Wildman–Crippen LogP) is 1.30. The smallest absolute Gasteiger partial charge is 0.142 e. The number of nitrogens with zero attached hydrogens (tertiary/aromatic N) is 4. The molecule has 0 atom stereocenters. The van der Waals surface area contributed by atoms with Gasteiger partial charge in [0.25, 0.3) is 0 Å². The molecule has 5 nitrogen and oxygen atoms in total. The van der Waals surface area contributed by atoms with Crippen LogP contribution in [0.1, 0.15) is 11.4 Å². The van der Waals surface area contributed by atoms with Gasteiger partial charge in [-0.1, -0.05) is 0 Å². The predicted molar refractivity (Wildman–Crippen MR) is 59.5 cm³/mol. The highest BCUT2D eigenvalue weighted by atomic mass is 15.3. The number of hydrogen-bond donors (Lipinski definition) is 1. The lowest BCUT2D eigenvalue weighted by molar-refractivity contribution is 0.720. The summed E-state index contributed by atoms with van der Waals surface area (Å²) in [6.07, 6.45) is 3.37. The number of hydrogen-bond acceptors (Lipinski definition) is 4. The minimum absolute atomic E-state index is 0.412. The van der Waals surface area contributed by atoms with Crippen LogP contribution < -0.4 is 5.32 Å². The molecule has 0 amide bonds. The van der Waals surface area contributed by atoms with E-state index < -0.39 is 0 Å². The minimum Gasteiger partial charge on any atom is -0.379 e. The zero-order chi connectivity index (χ0) is 11.4. The van der Waals surface area contributed by atoms with Crippen LogP contribution >= 0.6 is 0 Å². The van der Waals surface area contributed by atoms with Crippen LogP contribution in [0.3, 0.4) is 0 Å². The molecule has 0 saturated heterocycles. The maximum atomic E-state index is 8.70. The average Bonchev–Trinajstić information content (AvgIpc) is 2.72. The summed E-state index contributed by atoms with van der Waals surface area (Å²) in [7, 11) is 1.89. The highest BCUT2D eigenvalue weighted by Crippen LogP contribution is 2.09. The third kappa shape index (κ3) is 2.17. The molecule has 0 saturated carbocycles. The Balaban J connectivity index is 2.05. The van der Waals surface area contributed by atoms with Gasteiger partial charge in [-0.25, -0.2) is 4.98 Å². The molecule has 0 aliphatic carbocycles. The van der Waals surface area contributed by atoms with E-state index in [2.05, 4.69) is 15.4 Å². The zero-order valence-electron chi connectivity index (χ0n) is 8.88. The van der Waals surface area contributed by atoms with Crippen molar-refractivity contribution in [2.45, 2.75) is 6.54 Å². The number of rotatable bonds is 3. The van der Waals surface area contributed by atoms with Crippen molar-refractivity contribution in [2.75, 3.05) is 5.32 Å². The first-order chi connectivity index (χ1) is 7.79. The second-order valence-corrected chi connectivity index (χ2v) is 3.34. The lowest BCUT2D eigenvalue weighted by atomic mass is 10.3. The summed E-state index contributed by atoms with van der Waals surface area (Å²) in [4.78, 5) is 3.90. The third-order valence-corrected chi connectivity index (χ3v) is 2.27. The monoisotopic (exact) mass is 213 g/mol. The Hall–Kier alpha value is -2.35. The molecule has 0 bridgehead atoms. The van der Waals surface area contributed by atoms with Crippen LogP contribution in [0.4, 0.5) is 5.69 Å². The van der Waals surface area contributed by atoms with Crippen molar-refractivity contribution in [2.24, 2.45) is 7.05 Å². The van der Waals surface area contributed by atoms with E-state index in [1.54, 1.807) is 23.1 Å². The van der Waals surface area contributed by atoms with Gasteiger partial charge in [-0.3, -0.25) is 4.68 Å². The topological polar surface area (TPSA) is 66.5 Å². The maximum absolute atomic E-state index is 8.70. The SMILES string of the molecule is Cn1nccc1CNc1ccnc(C#N)c1. The van der Waals surface area contributed by atoms with E-state index in [-0.39, 0.29) is 0 Å². The van der Waals surface area contributed by atoms with Gasteiger partial charge < -0.3 is 5.32 Å². The van der Waals surface area contributed by atoms with Crippen LogP contribution in [0, 0.1) is 11.3 Å². The van der Waals surface area contributed by atoms with Crippen LogP contribution in [0.2, 0.25) is 0 Å². The third-order valence-electron chi connectivity index (χ3n) is 2.27. The van der Waals surface area contributed by atoms with E-state index in [1.807, 2.05) is 25.2 Å². The highest BCUT2D eigenvalue weighted by molar-refractivity contribution is 5.46. The van der Waals surface area contributed by atoms with Crippen LogP contribution in [0.15, 0.2) is 30.6 Å². The Labute approximate surface area is 93.4 Å². The van der Waals surface area contributed by atoms with Crippen molar-refractivity contribution < 1.29 is 0 Å². The molecule has 2 heterocycles. The van der Waals surface area contributed by atoms with Crippen molar-refractivity contribution in [3.05, 3.63) is 42.0 Å². The summed E-state index contributed by atoms with van der Waals surface area (Å²) in [6.45, 7) is 0.672. The number of anilines is 1. The van der Waals surface area contributed by atoms with Crippen LogP contribution in [-0.2, 0) is 13.6 Å². The minimum atomic E-state index is 0.412. The van der Waals surface area contributed by atoms with Gasteiger partial charge in [-0.15, -0.1) is 0 Å². The van der Waals surface area contributed by atoms with Gasteiger partial charge in [0.1, 0.15) is 11.8 Å². The van der Waals surface area contributed by atoms with E-state index in [9.17, 15) is 0 Å². The van der Waals surface area contributed by atoms with Gasteiger partial charge in [0.15, 0.2) is 0 Å². The fourth-order valence-electron chi connectivity index (χ4n) is 1.37. The second-order valence-electron chi connectivity index (χ2n) is 3.34. The van der Waals surface area contributed by atoms with Gasteiger partial charge in [-0.05, 0) is 18.2 Å². The number of nitriles is 1. The van der Waals surface area contributed by atoms with E-state index in [4.69, 9.17) is 5.26 Å². The molecule has 16 heavy (non-hydrogen) atoms. The molecule has 0 aromatic carbocycles. The van der Waals surface area contributed by atoms with E-state index in [0.29, 0.717) is 12.2 Å². The van der Waals surface area contributed by atoms with Crippen molar-refractivity contribution in [1.29, 1.82) is 5.26 Å². The van der Waals surface area contributed by atoms with Crippen molar-refractivity contribution in [3.8, 4) is 6.07 Å². The first-order valence-electron chi connectivity index (χ1n) is 4.86. The Kier molecular flexibility index (Phi) is 2.83. The lowest BCUT2D eigenvalue weighted by Gasteiger charge is -2.06. The Morgan fingerprint density at radius 2 is 2.31 bits per heavy atom. The van der Waals surface area contributed by atoms with Gasteiger partial charge in [0, 0.05) is 25.1 Å². The normalized spacial score (nSPS) is 9.75. The van der Waals surface area contributed by atoms with Gasteiger partial charge in [-0.2, -0.15) is 10.4 Å². The van der Waals surface area contributed by atoms with Crippen LogP contribution in [-0.4, -0.2) is 14.8 Å². The van der Waals surface area contributed by atoms with Crippen molar-refractivity contribution >= 4 is 5.69 Å². The number of aromatic nitrogens is 3. The summed E-state index contributed by atoms with van der Waals surface area (Å²) < 4.78 is 1.80. The van der Waals surface area contributed by atoms with Crippen molar-refractivity contribution in [3.63, 3.8) is 0 Å². The summed E-state index contributed by atoms with van der Waals surface area (Å²) in [5.41, 5.74) is 2.37. The molecule has 1 N–H and O–H groups in total. The lowest BCUT2D eigenvalue weighted by Crippen LogP contribution is -2.05. The largest absolute Gasteiger partial charge is 0.379 e. The zero-order valence-corrected chi connectivity index (χ0v) is 8.88. The molecular weight excluding hydrogens is 202 g/mol. The van der Waals surface area contributed by atoms with Gasteiger partial charge >= 0.3 is 0 Å². The molecule has 5 heteroatoms. The molecule has 0 aliphatic heterocycles. The summed E-state index contributed by atoms with van der Waals surface area (Å²) in [6, 6.07) is 7.50. The fourth-order valence-corrected chi connectivity index (χ4v) is 1.37. The highest BCUT2D eigenvalue weighted by Gasteiger charge is 1.99. The molecule has 2 rings (SSSR count). The first-order valence-corrected chi connectivity index (χ1v) is 4.86. The second kappa shape index (κ2) is 4.45. The average molecular weight is 213 g/mol. The molecule has 0 spiro atoms. The van der Waals surface area contributed by atoms with E-state index in [0.717, 1.165) is 11.4 Å². The van der Waals surface area contributed by atoms with Crippen LogP contribution in [0.5, 0.6) is 0 Å². The standard InChI is InChI=1S/C11H11N5/c1-16-11(3-5-15-16)8-14-9-2-4-13-10(6-9)7-12/h2-6H,8H2,1H3,(H,13,14). The number of nitrogens with one attached hydrogen (secondary N) is 1. The molecule has 0 fully saturated rings. The molecule has 2 aromatic heterocycles. The fraction of sp³-hybridized carbons (Fsp3) is 0.182. The molecule has 2 aromatic rings.